The van der Waals surface area contributed by atoms with Crippen molar-refractivity contribution in [2.24, 2.45) is 0 Å². The Hall–Kier alpha value is -1.10. The number of nitro benzene ring substituents is 1. The molecule has 0 aliphatic heterocycles. The maximum atomic E-state index is 10.9. The minimum absolute atomic E-state index is 0.184. The zero-order chi connectivity index (χ0) is 13.5. The van der Waals surface area contributed by atoms with E-state index in [4.69, 9.17) is 0 Å². The molecule has 0 aliphatic carbocycles. The quantitative estimate of drug-likeness (QED) is 0.432. The fourth-order valence-corrected chi connectivity index (χ4v) is 2.41. The Bertz CT molecular complexity index is 404. The van der Waals surface area contributed by atoms with Crippen molar-refractivity contribution >= 4 is 27.3 Å². The molecule has 0 heterocycles. The van der Waals surface area contributed by atoms with Gasteiger partial charge in [0.2, 0.25) is 0 Å². The molecule has 5 heteroatoms. The summed E-state index contributed by atoms with van der Waals surface area (Å²) < 4.78 is 0. The molecule has 0 radical (unpaired) electrons. The minimum Gasteiger partial charge on any atom is -0.372 e. The zero-order valence-electron chi connectivity index (χ0n) is 10.9. The van der Waals surface area contributed by atoms with Crippen LogP contribution in [0.1, 0.15) is 32.3 Å². The second-order valence-corrected chi connectivity index (χ2v) is 4.75. The van der Waals surface area contributed by atoms with Gasteiger partial charge >= 0.3 is 0 Å². The van der Waals surface area contributed by atoms with Gasteiger partial charge in [-0.15, -0.1) is 0 Å². The molecule has 18 heavy (non-hydrogen) atoms. The van der Waals surface area contributed by atoms with Crippen LogP contribution in [0.3, 0.4) is 0 Å². The van der Waals surface area contributed by atoms with E-state index in [-0.39, 0.29) is 10.6 Å². The van der Waals surface area contributed by atoms with Gasteiger partial charge in [0.25, 0.3) is 5.69 Å². The van der Waals surface area contributed by atoms with Crippen molar-refractivity contribution in [1.82, 2.24) is 0 Å². The van der Waals surface area contributed by atoms with E-state index in [1.54, 1.807) is 6.07 Å². The minimum atomic E-state index is -0.329. The van der Waals surface area contributed by atoms with Crippen molar-refractivity contribution in [2.45, 2.75) is 32.0 Å². The van der Waals surface area contributed by atoms with Gasteiger partial charge in [0, 0.05) is 35.7 Å². The average Bonchev–Trinajstić information content (AvgIpc) is 2.37. The molecule has 0 bridgehead atoms. The van der Waals surface area contributed by atoms with E-state index >= 15 is 0 Å². The number of halogens is 1. The van der Waals surface area contributed by atoms with Crippen LogP contribution in [-0.4, -0.2) is 18.0 Å². The Morgan fingerprint density at radius 1 is 1.28 bits per heavy atom. The number of benzene rings is 1. The van der Waals surface area contributed by atoms with Gasteiger partial charge in [-0.25, -0.2) is 0 Å². The van der Waals surface area contributed by atoms with Crippen molar-refractivity contribution in [1.29, 1.82) is 0 Å². The summed E-state index contributed by atoms with van der Waals surface area (Å²) in [5.74, 6) is 0. The number of hydrogen-bond donors (Lipinski definition) is 0. The standard InChI is InChI=1S/C13H19BrN2O2/c1-3-7-15(8-4-2)12-5-6-13(16(17)18)11(9-12)10-14/h5-6,9H,3-4,7-8,10H2,1-2H3. The largest absolute Gasteiger partial charge is 0.372 e. The number of nitro groups is 1. The zero-order valence-corrected chi connectivity index (χ0v) is 12.4. The smallest absolute Gasteiger partial charge is 0.273 e. The van der Waals surface area contributed by atoms with Gasteiger partial charge in [-0.05, 0) is 25.0 Å². The summed E-state index contributed by atoms with van der Waals surface area (Å²) in [6.07, 6.45) is 2.14. The first-order valence-corrected chi connectivity index (χ1v) is 7.34. The van der Waals surface area contributed by atoms with Crippen molar-refractivity contribution in [3.05, 3.63) is 33.9 Å². The average molecular weight is 315 g/mol. The fraction of sp³-hybridized carbons (Fsp3) is 0.538. The fourth-order valence-electron chi connectivity index (χ4n) is 1.96. The molecule has 0 saturated carbocycles. The van der Waals surface area contributed by atoms with Crippen molar-refractivity contribution in [3.8, 4) is 0 Å². The Kier molecular flexibility index (Phi) is 6.12. The predicted molar refractivity (Wildman–Crippen MR) is 78.5 cm³/mol. The van der Waals surface area contributed by atoms with Gasteiger partial charge in [0.1, 0.15) is 0 Å². The molecule has 0 saturated heterocycles. The summed E-state index contributed by atoms with van der Waals surface area (Å²) in [6.45, 7) is 6.24. The van der Waals surface area contributed by atoms with Crippen LogP contribution < -0.4 is 4.90 Å². The molecule has 1 rings (SSSR count). The van der Waals surface area contributed by atoms with Gasteiger partial charge in [-0.3, -0.25) is 10.1 Å². The summed E-state index contributed by atoms with van der Waals surface area (Å²) >= 11 is 3.31. The van der Waals surface area contributed by atoms with Crippen LogP contribution in [-0.2, 0) is 5.33 Å². The second kappa shape index (κ2) is 7.36. The van der Waals surface area contributed by atoms with Crippen LogP contribution in [0.25, 0.3) is 0 Å². The number of anilines is 1. The number of hydrogen-bond acceptors (Lipinski definition) is 3. The highest BCUT2D eigenvalue weighted by molar-refractivity contribution is 9.08. The van der Waals surface area contributed by atoms with Crippen LogP contribution >= 0.6 is 15.9 Å². The van der Waals surface area contributed by atoms with E-state index in [0.29, 0.717) is 5.33 Å². The van der Waals surface area contributed by atoms with Crippen LogP contribution in [0.4, 0.5) is 11.4 Å². The van der Waals surface area contributed by atoms with Gasteiger partial charge in [-0.2, -0.15) is 0 Å². The summed E-state index contributed by atoms with van der Waals surface area (Å²) in [5, 5.41) is 11.4. The monoisotopic (exact) mass is 314 g/mol. The molecule has 4 nitrogen and oxygen atoms in total. The summed E-state index contributed by atoms with van der Waals surface area (Å²) in [6, 6.07) is 5.36. The molecule has 0 spiro atoms. The molecule has 1 aromatic carbocycles. The molecule has 0 aliphatic rings. The van der Waals surface area contributed by atoms with Crippen molar-refractivity contribution in [2.75, 3.05) is 18.0 Å². The summed E-state index contributed by atoms with van der Waals surface area (Å²) in [7, 11) is 0. The van der Waals surface area contributed by atoms with E-state index in [2.05, 4.69) is 34.7 Å². The molecular weight excluding hydrogens is 296 g/mol. The normalized spacial score (nSPS) is 10.4. The highest BCUT2D eigenvalue weighted by Gasteiger charge is 2.15. The molecule has 0 aromatic heterocycles. The van der Waals surface area contributed by atoms with Crippen LogP contribution in [0, 0.1) is 10.1 Å². The molecule has 100 valence electrons. The van der Waals surface area contributed by atoms with E-state index in [9.17, 15) is 10.1 Å². The van der Waals surface area contributed by atoms with E-state index in [1.165, 1.54) is 0 Å². The maximum Gasteiger partial charge on any atom is 0.273 e. The highest BCUT2D eigenvalue weighted by atomic mass is 79.9. The van der Waals surface area contributed by atoms with Gasteiger partial charge in [-0.1, -0.05) is 29.8 Å². The lowest BCUT2D eigenvalue weighted by Crippen LogP contribution is -2.24. The summed E-state index contributed by atoms with van der Waals surface area (Å²) in [5.41, 5.74) is 1.98. The van der Waals surface area contributed by atoms with Crippen LogP contribution in [0.15, 0.2) is 18.2 Å². The van der Waals surface area contributed by atoms with Crippen LogP contribution in [0.2, 0.25) is 0 Å². The topological polar surface area (TPSA) is 46.4 Å². The Morgan fingerprint density at radius 3 is 2.33 bits per heavy atom. The first-order chi connectivity index (χ1) is 8.63. The molecule has 0 N–H and O–H groups in total. The van der Waals surface area contributed by atoms with Crippen molar-refractivity contribution in [3.63, 3.8) is 0 Å². The van der Waals surface area contributed by atoms with E-state index in [1.807, 2.05) is 12.1 Å². The van der Waals surface area contributed by atoms with Gasteiger partial charge in [0.15, 0.2) is 0 Å². The Labute approximate surface area is 116 Å². The summed E-state index contributed by atoms with van der Waals surface area (Å²) in [4.78, 5) is 12.8. The molecular formula is C13H19BrN2O2. The molecule has 0 unspecified atom stereocenters. The SMILES string of the molecule is CCCN(CCC)c1ccc([N+](=O)[O-])c(CBr)c1. The van der Waals surface area contributed by atoms with Gasteiger partial charge in [0.05, 0.1) is 4.92 Å². The predicted octanol–water partition coefficient (Wildman–Crippen LogP) is 4.12. The van der Waals surface area contributed by atoms with E-state index in [0.717, 1.165) is 37.2 Å². The molecule has 0 amide bonds. The Balaban J connectivity index is 3.05. The van der Waals surface area contributed by atoms with E-state index < -0.39 is 0 Å². The maximum absolute atomic E-state index is 10.9. The lowest BCUT2D eigenvalue weighted by molar-refractivity contribution is -0.385. The van der Waals surface area contributed by atoms with Gasteiger partial charge < -0.3 is 4.90 Å². The third kappa shape index (κ3) is 3.70. The Morgan fingerprint density at radius 2 is 1.89 bits per heavy atom. The molecule has 0 atom stereocenters. The second-order valence-electron chi connectivity index (χ2n) is 4.19. The van der Waals surface area contributed by atoms with Crippen molar-refractivity contribution < 1.29 is 4.92 Å². The first kappa shape index (κ1) is 15.0. The number of alkyl halides is 1. The molecule has 1 aromatic rings. The first-order valence-electron chi connectivity index (χ1n) is 6.22. The number of rotatable bonds is 7. The molecule has 0 fully saturated rings. The third-order valence-electron chi connectivity index (χ3n) is 2.76. The lowest BCUT2D eigenvalue weighted by atomic mass is 10.1. The highest BCUT2D eigenvalue weighted by Crippen LogP contribution is 2.27. The number of nitrogens with zero attached hydrogens (tertiary/aromatic N) is 2. The van der Waals surface area contributed by atoms with Crippen LogP contribution in [0.5, 0.6) is 0 Å². The lowest BCUT2D eigenvalue weighted by Gasteiger charge is -2.24. The third-order valence-corrected chi connectivity index (χ3v) is 3.36.